The van der Waals surface area contributed by atoms with Crippen molar-refractivity contribution >= 4 is 22.4 Å². The number of aliphatic hydroxyl groups is 1. The van der Waals surface area contributed by atoms with Crippen LogP contribution in [0, 0.1) is 11.3 Å². The Kier molecular flexibility index (Phi) is 2.89. The molecule has 2 heterocycles. The zero-order chi connectivity index (χ0) is 15.3. The van der Waals surface area contributed by atoms with E-state index in [0.29, 0.717) is 18.7 Å². The lowest BCUT2D eigenvalue weighted by Gasteiger charge is -2.20. The number of amides is 1. The number of carbonyl (C=O) groups is 1. The van der Waals surface area contributed by atoms with Crippen LogP contribution in [-0.4, -0.2) is 41.3 Å². The zero-order valence-corrected chi connectivity index (χ0v) is 11.9. The molecular formula is C17H15N3O2. The summed E-state index contributed by atoms with van der Waals surface area (Å²) in [7, 11) is 0. The molecule has 2 aromatic rings. The van der Waals surface area contributed by atoms with Crippen molar-refractivity contribution in [3.05, 3.63) is 42.0 Å². The quantitative estimate of drug-likeness (QED) is 0.864. The number of hydrogen-bond donors (Lipinski definition) is 1. The van der Waals surface area contributed by atoms with Gasteiger partial charge in [0.15, 0.2) is 0 Å². The molecule has 1 amide bonds. The number of rotatable bonds is 1. The van der Waals surface area contributed by atoms with Crippen LogP contribution in [0.4, 0.5) is 5.69 Å². The monoisotopic (exact) mass is 293 g/mol. The Balaban J connectivity index is 1.83. The molecule has 2 fully saturated rings. The van der Waals surface area contributed by atoms with Gasteiger partial charge in [-0.15, -0.1) is 0 Å². The van der Waals surface area contributed by atoms with E-state index >= 15 is 0 Å². The fourth-order valence-electron chi connectivity index (χ4n) is 3.54. The van der Waals surface area contributed by atoms with E-state index < -0.39 is 12.1 Å². The van der Waals surface area contributed by atoms with E-state index in [9.17, 15) is 15.2 Å². The summed E-state index contributed by atoms with van der Waals surface area (Å²) in [6, 6.07) is 13.0. The Morgan fingerprint density at radius 1 is 1.18 bits per heavy atom. The van der Waals surface area contributed by atoms with Crippen molar-refractivity contribution in [3.8, 4) is 6.07 Å². The van der Waals surface area contributed by atoms with E-state index in [1.807, 2.05) is 35.2 Å². The second-order valence-corrected chi connectivity index (χ2v) is 5.81. The van der Waals surface area contributed by atoms with Gasteiger partial charge in [0.1, 0.15) is 6.04 Å². The van der Waals surface area contributed by atoms with Crippen molar-refractivity contribution < 1.29 is 9.90 Å². The zero-order valence-electron chi connectivity index (χ0n) is 11.9. The second kappa shape index (κ2) is 4.80. The van der Waals surface area contributed by atoms with Crippen LogP contribution < -0.4 is 4.90 Å². The maximum atomic E-state index is 12.7. The van der Waals surface area contributed by atoms with Gasteiger partial charge in [-0.1, -0.05) is 24.3 Å². The molecule has 5 heteroatoms. The lowest BCUT2D eigenvalue weighted by atomic mass is 10.0. The maximum absolute atomic E-state index is 12.7. The third-order valence-corrected chi connectivity index (χ3v) is 4.62. The Labute approximate surface area is 128 Å². The largest absolute Gasteiger partial charge is 0.391 e. The summed E-state index contributed by atoms with van der Waals surface area (Å²) in [5.74, 6) is -0.0557. The third-order valence-electron chi connectivity index (χ3n) is 4.62. The van der Waals surface area contributed by atoms with Gasteiger partial charge in [0.25, 0.3) is 0 Å². The van der Waals surface area contributed by atoms with Gasteiger partial charge in [0, 0.05) is 17.3 Å². The van der Waals surface area contributed by atoms with E-state index in [-0.39, 0.29) is 5.91 Å². The molecule has 2 aliphatic heterocycles. The summed E-state index contributed by atoms with van der Waals surface area (Å²) < 4.78 is 0. The van der Waals surface area contributed by atoms with Crippen LogP contribution in [0.3, 0.4) is 0 Å². The maximum Gasteiger partial charge on any atom is 0.248 e. The first-order valence-corrected chi connectivity index (χ1v) is 7.36. The first-order chi connectivity index (χ1) is 10.7. The lowest BCUT2D eigenvalue weighted by molar-refractivity contribution is -0.121. The molecule has 0 aliphatic carbocycles. The van der Waals surface area contributed by atoms with Crippen LogP contribution in [0.1, 0.15) is 12.0 Å². The van der Waals surface area contributed by atoms with E-state index in [1.54, 1.807) is 11.0 Å². The van der Waals surface area contributed by atoms with Gasteiger partial charge in [-0.3, -0.25) is 14.6 Å². The highest BCUT2D eigenvalue weighted by Crippen LogP contribution is 2.35. The van der Waals surface area contributed by atoms with Gasteiger partial charge >= 0.3 is 0 Å². The van der Waals surface area contributed by atoms with Crippen molar-refractivity contribution in [1.82, 2.24) is 4.90 Å². The highest BCUT2D eigenvalue weighted by molar-refractivity contribution is 6.08. The van der Waals surface area contributed by atoms with Crippen molar-refractivity contribution in [2.24, 2.45) is 0 Å². The van der Waals surface area contributed by atoms with Crippen molar-refractivity contribution in [3.63, 3.8) is 0 Å². The second-order valence-electron chi connectivity index (χ2n) is 5.81. The van der Waals surface area contributed by atoms with Crippen LogP contribution in [0.25, 0.3) is 10.8 Å². The first kappa shape index (κ1) is 13.3. The van der Waals surface area contributed by atoms with Crippen LogP contribution in [0.15, 0.2) is 36.4 Å². The standard InChI is InChI=1S/C17H15N3O2/c18-9-11-5-6-14(13-4-2-1-3-12(11)13)20-10-19-8-7-15(21)16(19)17(20)22/h1-6,15-16,21H,7-8,10H2/t15-,16-/m0/s1. The molecule has 2 atom stereocenters. The third kappa shape index (κ3) is 1.75. The molecule has 0 unspecified atom stereocenters. The van der Waals surface area contributed by atoms with Gasteiger partial charge in [0.2, 0.25) is 5.91 Å². The average molecular weight is 293 g/mol. The molecule has 4 rings (SSSR count). The number of fused-ring (bicyclic) bond motifs is 2. The molecular weight excluding hydrogens is 278 g/mol. The van der Waals surface area contributed by atoms with Gasteiger partial charge in [0.05, 0.1) is 30.1 Å². The van der Waals surface area contributed by atoms with Crippen molar-refractivity contribution in [2.75, 3.05) is 18.1 Å². The minimum absolute atomic E-state index is 0.0557. The number of benzene rings is 2. The summed E-state index contributed by atoms with van der Waals surface area (Å²) >= 11 is 0. The molecule has 2 aliphatic rings. The predicted octanol–water partition coefficient (Wildman–Crippen LogP) is 1.45. The molecule has 0 bridgehead atoms. The molecule has 0 aromatic heterocycles. The Hall–Kier alpha value is -2.42. The molecule has 2 aromatic carbocycles. The molecule has 110 valence electrons. The molecule has 5 nitrogen and oxygen atoms in total. The topological polar surface area (TPSA) is 67.6 Å². The van der Waals surface area contributed by atoms with E-state index in [1.165, 1.54) is 0 Å². The Morgan fingerprint density at radius 2 is 1.95 bits per heavy atom. The number of hydrogen-bond acceptors (Lipinski definition) is 4. The van der Waals surface area contributed by atoms with E-state index in [0.717, 1.165) is 23.0 Å². The lowest BCUT2D eigenvalue weighted by Crippen LogP contribution is -2.36. The van der Waals surface area contributed by atoms with Gasteiger partial charge in [-0.2, -0.15) is 5.26 Å². The van der Waals surface area contributed by atoms with Gasteiger partial charge < -0.3 is 5.11 Å². The Bertz CT molecular complexity index is 811. The predicted molar refractivity (Wildman–Crippen MR) is 82.1 cm³/mol. The summed E-state index contributed by atoms with van der Waals surface area (Å²) in [5, 5.41) is 21.0. The molecule has 1 N–H and O–H groups in total. The number of anilines is 1. The summed E-state index contributed by atoms with van der Waals surface area (Å²) in [5.41, 5.74) is 1.41. The average Bonchev–Trinajstić information content (AvgIpc) is 3.07. The molecule has 0 spiro atoms. The molecule has 0 radical (unpaired) electrons. The van der Waals surface area contributed by atoms with Crippen LogP contribution in [-0.2, 0) is 4.79 Å². The minimum Gasteiger partial charge on any atom is -0.391 e. The normalized spacial score (nSPS) is 24.7. The SMILES string of the molecule is N#Cc1ccc(N2CN3CC[C@H](O)[C@H]3C2=O)c2ccccc12. The highest BCUT2D eigenvalue weighted by atomic mass is 16.3. The van der Waals surface area contributed by atoms with Gasteiger partial charge in [-0.25, -0.2) is 0 Å². The fourth-order valence-corrected chi connectivity index (χ4v) is 3.54. The molecule has 0 saturated carbocycles. The number of nitriles is 1. The van der Waals surface area contributed by atoms with Crippen LogP contribution in [0.2, 0.25) is 0 Å². The first-order valence-electron chi connectivity index (χ1n) is 7.36. The molecule has 2 saturated heterocycles. The van der Waals surface area contributed by atoms with Crippen molar-refractivity contribution in [2.45, 2.75) is 18.6 Å². The summed E-state index contributed by atoms with van der Waals surface area (Å²) in [6.07, 6.45) is 0.0698. The smallest absolute Gasteiger partial charge is 0.248 e. The van der Waals surface area contributed by atoms with Crippen LogP contribution in [0.5, 0.6) is 0 Å². The van der Waals surface area contributed by atoms with E-state index in [2.05, 4.69) is 6.07 Å². The number of carbonyl (C=O) groups excluding carboxylic acids is 1. The Morgan fingerprint density at radius 3 is 2.68 bits per heavy atom. The van der Waals surface area contributed by atoms with Crippen molar-refractivity contribution in [1.29, 1.82) is 5.26 Å². The summed E-state index contributed by atoms with van der Waals surface area (Å²) in [4.78, 5) is 16.4. The molecule has 22 heavy (non-hydrogen) atoms. The van der Waals surface area contributed by atoms with Gasteiger partial charge in [-0.05, 0) is 18.6 Å². The number of nitrogens with zero attached hydrogens (tertiary/aromatic N) is 3. The number of aliphatic hydroxyl groups excluding tert-OH is 1. The fraction of sp³-hybridized carbons (Fsp3) is 0.294. The van der Waals surface area contributed by atoms with Crippen LogP contribution >= 0.6 is 0 Å². The minimum atomic E-state index is -0.581. The summed E-state index contributed by atoms with van der Waals surface area (Å²) in [6.45, 7) is 1.23. The van der Waals surface area contributed by atoms with E-state index in [4.69, 9.17) is 0 Å². The highest BCUT2D eigenvalue weighted by Gasteiger charge is 2.47.